The normalized spacial score (nSPS) is 10.4. The average molecular weight is 297 g/mol. The van der Waals surface area contributed by atoms with E-state index in [4.69, 9.17) is 0 Å². The summed E-state index contributed by atoms with van der Waals surface area (Å²) in [7, 11) is 0. The Morgan fingerprint density at radius 1 is 1.14 bits per heavy atom. The van der Waals surface area contributed by atoms with Crippen molar-refractivity contribution in [3.8, 4) is 5.75 Å². The van der Waals surface area contributed by atoms with Gasteiger partial charge in [0.2, 0.25) is 5.91 Å². The molecule has 0 aliphatic carbocycles. The highest BCUT2D eigenvalue weighted by molar-refractivity contribution is 5.96. The topological polar surface area (TPSA) is 90.8 Å². The zero-order chi connectivity index (χ0) is 15.9. The van der Waals surface area contributed by atoms with Gasteiger partial charge in [0.1, 0.15) is 5.75 Å². The predicted molar refractivity (Wildman–Crippen MR) is 83.9 cm³/mol. The van der Waals surface area contributed by atoms with Gasteiger partial charge in [-0.25, -0.2) is 5.43 Å². The number of hydrogen-bond donors (Lipinski definition) is 3. The number of hydrazone groups is 1. The standard InChI is InChI=1S/C16H15N3O3/c1-11(20)18-14-7-5-13(6-8-14)16(22)19-17-10-12-3-2-4-15(21)9-12/h2-10,21H,1H3,(H,18,20)(H,19,22). The van der Waals surface area contributed by atoms with Crippen LogP contribution in [0.25, 0.3) is 0 Å². The monoisotopic (exact) mass is 297 g/mol. The van der Waals surface area contributed by atoms with Gasteiger partial charge in [-0.3, -0.25) is 9.59 Å². The van der Waals surface area contributed by atoms with Crippen LogP contribution >= 0.6 is 0 Å². The van der Waals surface area contributed by atoms with Crippen molar-refractivity contribution in [2.45, 2.75) is 6.92 Å². The lowest BCUT2D eigenvalue weighted by Crippen LogP contribution is -2.17. The van der Waals surface area contributed by atoms with Crippen molar-refractivity contribution in [1.82, 2.24) is 5.43 Å². The summed E-state index contributed by atoms with van der Waals surface area (Å²) < 4.78 is 0. The lowest BCUT2D eigenvalue weighted by atomic mass is 10.2. The fourth-order valence-electron chi connectivity index (χ4n) is 1.74. The Morgan fingerprint density at radius 3 is 2.50 bits per heavy atom. The highest BCUT2D eigenvalue weighted by Crippen LogP contribution is 2.10. The molecule has 0 aliphatic rings. The number of aromatic hydroxyl groups is 1. The summed E-state index contributed by atoms with van der Waals surface area (Å²) in [5.41, 5.74) is 4.09. The van der Waals surface area contributed by atoms with Gasteiger partial charge in [-0.15, -0.1) is 0 Å². The molecule has 22 heavy (non-hydrogen) atoms. The molecule has 0 unspecified atom stereocenters. The van der Waals surface area contributed by atoms with Gasteiger partial charge in [0, 0.05) is 18.2 Å². The van der Waals surface area contributed by atoms with E-state index in [1.807, 2.05) is 0 Å². The number of rotatable bonds is 4. The van der Waals surface area contributed by atoms with E-state index in [0.29, 0.717) is 16.8 Å². The molecule has 0 heterocycles. The maximum absolute atomic E-state index is 11.9. The van der Waals surface area contributed by atoms with Gasteiger partial charge in [0.05, 0.1) is 6.21 Å². The zero-order valence-corrected chi connectivity index (χ0v) is 11.9. The molecule has 0 saturated heterocycles. The molecule has 3 N–H and O–H groups in total. The third kappa shape index (κ3) is 4.45. The van der Waals surface area contributed by atoms with Crippen molar-refractivity contribution in [2.24, 2.45) is 5.10 Å². The zero-order valence-electron chi connectivity index (χ0n) is 11.9. The van der Waals surface area contributed by atoms with E-state index in [1.165, 1.54) is 19.2 Å². The van der Waals surface area contributed by atoms with Crippen molar-refractivity contribution < 1.29 is 14.7 Å². The van der Waals surface area contributed by atoms with Crippen LogP contribution in [0.5, 0.6) is 5.75 Å². The van der Waals surface area contributed by atoms with Crippen molar-refractivity contribution in [1.29, 1.82) is 0 Å². The Hall–Kier alpha value is -3.15. The minimum Gasteiger partial charge on any atom is -0.508 e. The summed E-state index contributed by atoms with van der Waals surface area (Å²) in [6.07, 6.45) is 1.43. The minimum absolute atomic E-state index is 0.129. The second kappa shape index (κ2) is 7.03. The molecule has 0 radical (unpaired) electrons. The molecule has 6 heteroatoms. The average Bonchev–Trinajstić information content (AvgIpc) is 2.47. The first-order valence-electron chi connectivity index (χ1n) is 6.55. The molecule has 2 amide bonds. The van der Waals surface area contributed by atoms with Gasteiger partial charge in [-0.2, -0.15) is 5.10 Å². The predicted octanol–water partition coefficient (Wildman–Crippen LogP) is 2.11. The summed E-state index contributed by atoms with van der Waals surface area (Å²) in [6.45, 7) is 1.41. The lowest BCUT2D eigenvalue weighted by Gasteiger charge is -2.03. The summed E-state index contributed by atoms with van der Waals surface area (Å²) >= 11 is 0. The fourth-order valence-corrected chi connectivity index (χ4v) is 1.74. The summed E-state index contributed by atoms with van der Waals surface area (Å²) in [6, 6.07) is 12.9. The van der Waals surface area contributed by atoms with Crippen molar-refractivity contribution in [3.05, 3.63) is 59.7 Å². The molecular formula is C16H15N3O3. The van der Waals surface area contributed by atoms with Gasteiger partial charge < -0.3 is 10.4 Å². The van der Waals surface area contributed by atoms with Gasteiger partial charge in [-0.05, 0) is 42.0 Å². The van der Waals surface area contributed by atoms with Crippen LogP contribution in [0.4, 0.5) is 5.69 Å². The first kappa shape index (κ1) is 15.2. The number of anilines is 1. The number of hydrogen-bond acceptors (Lipinski definition) is 4. The fraction of sp³-hybridized carbons (Fsp3) is 0.0625. The molecule has 112 valence electrons. The number of carbonyl (C=O) groups excluding carboxylic acids is 2. The van der Waals surface area contributed by atoms with Crippen LogP contribution in [0.15, 0.2) is 53.6 Å². The second-order valence-electron chi connectivity index (χ2n) is 4.55. The highest BCUT2D eigenvalue weighted by Gasteiger charge is 2.04. The van der Waals surface area contributed by atoms with E-state index in [9.17, 15) is 14.7 Å². The van der Waals surface area contributed by atoms with E-state index in [1.54, 1.807) is 42.5 Å². The molecule has 0 spiro atoms. The van der Waals surface area contributed by atoms with Crippen molar-refractivity contribution in [2.75, 3.05) is 5.32 Å². The van der Waals surface area contributed by atoms with Crippen LogP contribution in [0.1, 0.15) is 22.8 Å². The third-order valence-electron chi connectivity index (χ3n) is 2.72. The number of phenolic OH excluding ortho intramolecular Hbond substituents is 1. The SMILES string of the molecule is CC(=O)Nc1ccc(C(=O)NN=Cc2cccc(O)c2)cc1. The van der Waals surface area contributed by atoms with Gasteiger partial charge in [-0.1, -0.05) is 12.1 Å². The van der Waals surface area contributed by atoms with Gasteiger partial charge >= 0.3 is 0 Å². The van der Waals surface area contributed by atoms with Crippen molar-refractivity contribution >= 4 is 23.7 Å². The number of carbonyl (C=O) groups is 2. The number of amides is 2. The van der Waals surface area contributed by atoms with Crippen LogP contribution in [0.3, 0.4) is 0 Å². The first-order chi connectivity index (χ1) is 10.5. The van der Waals surface area contributed by atoms with Gasteiger partial charge in [0.15, 0.2) is 0 Å². The van der Waals surface area contributed by atoms with E-state index in [-0.39, 0.29) is 17.6 Å². The molecule has 0 saturated carbocycles. The molecule has 0 atom stereocenters. The summed E-state index contributed by atoms with van der Waals surface area (Å²) in [4.78, 5) is 22.8. The minimum atomic E-state index is -0.370. The third-order valence-corrected chi connectivity index (χ3v) is 2.72. The lowest BCUT2D eigenvalue weighted by molar-refractivity contribution is -0.114. The highest BCUT2D eigenvalue weighted by atomic mass is 16.3. The first-order valence-corrected chi connectivity index (χ1v) is 6.55. The number of nitrogens with zero attached hydrogens (tertiary/aromatic N) is 1. The molecule has 0 aliphatic heterocycles. The van der Waals surface area contributed by atoms with E-state index in [2.05, 4.69) is 15.8 Å². The van der Waals surface area contributed by atoms with E-state index in [0.717, 1.165) is 0 Å². The quantitative estimate of drug-likeness (QED) is 0.596. The summed E-state index contributed by atoms with van der Waals surface area (Å²) in [5.74, 6) is -0.414. The molecule has 2 aromatic carbocycles. The Labute approximate surface area is 127 Å². The van der Waals surface area contributed by atoms with Crippen molar-refractivity contribution in [3.63, 3.8) is 0 Å². The maximum Gasteiger partial charge on any atom is 0.271 e. The maximum atomic E-state index is 11.9. The largest absolute Gasteiger partial charge is 0.508 e. The van der Waals surface area contributed by atoms with E-state index >= 15 is 0 Å². The molecule has 0 bridgehead atoms. The Kier molecular flexibility index (Phi) is 4.87. The summed E-state index contributed by atoms with van der Waals surface area (Å²) in [5, 5.41) is 15.8. The van der Waals surface area contributed by atoms with Crippen LogP contribution < -0.4 is 10.7 Å². The van der Waals surface area contributed by atoms with Crippen LogP contribution in [0, 0.1) is 0 Å². The van der Waals surface area contributed by atoms with Crippen LogP contribution in [-0.4, -0.2) is 23.1 Å². The van der Waals surface area contributed by atoms with E-state index < -0.39 is 0 Å². The second-order valence-corrected chi connectivity index (χ2v) is 4.55. The Bertz CT molecular complexity index is 709. The Balaban J connectivity index is 1.96. The molecular weight excluding hydrogens is 282 g/mol. The number of nitrogens with one attached hydrogen (secondary N) is 2. The molecule has 2 rings (SSSR count). The molecule has 6 nitrogen and oxygen atoms in total. The molecule has 2 aromatic rings. The Morgan fingerprint density at radius 2 is 1.86 bits per heavy atom. The van der Waals surface area contributed by atoms with Crippen LogP contribution in [0.2, 0.25) is 0 Å². The van der Waals surface area contributed by atoms with Gasteiger partial charge in [0.25, 0.3) is 5.91 Å². The smallest absolute Gasteiger partial charge is 0.271 e. The number of phenols is 1. The molecule has 0 aromatic heterocycles. The van der Waals surface area contributed by atoms with Crippen LogP contribution in [-0.2, 0) is 4.79 Å². The number of benzene rings is 2. The molecule has 0 fully saturated rings.